The van der Waals surface area contributed by atoms with E-state index in [1.165, 1.54) is 18.2 Å². The predicted molar refractivity (Wildman–Crippen MR) is 99.8 cm³/mol. The third kappa shape index (κ3) is 5.25. The van der Waals surface area contributed by atoms with Gasteiger partial charge in [-0.25, -0.2) is 0 Å². The molecule has 0 spiro atoms. The SMILES string of the molecule is O=Cc1c(OCC(=O)NCc2ccccc2OC(F)(F)F)ccc2ccccc12. The van der Waals surface area contributed by atoms with Gasteiger partial charge in [0, 0.05) is 12.1 Å². The lowest BCUT2D eigenvalue weighted by Gasteiger charge is -2.14. The van der Waals surface area contributed by atoms with Crippen molar-refractivity contribution in [2.24, 2.45) is 0 Å². The molecule has 3 aromatic carbocycles. The number of amides is 1. The van der Waals surface area contributed by atoms with Gasteiger partial charge in [0.1, 0.15) is 11.5 Å². The smallest absolute Gasteiger partial charge is 0.483 e. The first-order chi connectivity index (χ1) is 13.9. The highest BCUT2D eigenvalue weighted by molar-refractivity contribution is 6.00. The largest absolute Gasteiger partial charge is 0.573 e. The minimum Gasteiger partial charge on any atom is -0.483 e. The van der Waals surface area contributed by atoms with Crippen molar-refractivity contribution in [3.8, 4) is 11.5 Å². The number of alkyl halides is 3. The molecule has 0 aliphatic carbocycles. The molecule has 5 nitrogen and oxygen atoms in total. The Kier molecular flexibility index (Phi) is 6.01. The molecular weight excluding hydrogens is 387 g/mol. The summed E-state index contributed by atoms with van der Waals surface area (Å²) >= 11 is 0. The van der Waals surface area contributed by atoms with Crippen LogP contribution in [0.3, 0.4) is 0 Å². The van der Waals surface area contributed by atoms with E-state index in [0.29, 0.717) is 17.2 Å². The molecule has 8 heteroatoms. The zero-order valence-electron chi connectivity index (χ0n) is 15.0. The molecular formula is C21H16F3NO4. The Balaban J connectivity index is 1.63. The Bertz CT molecular complexity index is 1030. The average molecular weight is 403 g/mol. The van der Waals surface area contributed by atoms with Crippen LogP contribution in [0.1, 0.15) is 15.9 Å². The number of aldehydes is 1. The van der Waals surface area contributed by atoms with Crippen molar-refractivity contribution >= 4 is 23.0 Å². The molecule has 0 radical (unpaired) electrons. The molecule has 29 heavy (non-hydrogen) atoms. The van der Waals surface area contributed by atoms with E-state index >= 15 is 0 Å². The van der Waals surface area contributed by atoms with Crippen LogP contribution in [-0.2, 0) is 11.3 Å². The molecule has 3 rings (SSSR count). The number of hydrogen-bond donors (Lipinski definition) is 1. The van der Waals surface area contributed by atoms with Gasteiger partial charge in [-0.2, -0.15) is 0 Å². The van der Waals surface area contributed by atoms with Crippen LogP contribution in [-0.4, -0.2) is 25.2 Å². The summed E-state index contributed by atoms with van der Waals surface area (Å²) < 4.78 is 46.7. The fraction of sp³-hybridized carbons (Fsp3) is 0.143. The number of ether oxygens (including phenoxy) is 2. The molecule has 0 saturated carbocycles. The van der Waals surface area contributed by atoms with Gasteiger partial charge in [-0.05, 0) is 22.9 Å². The maximum atomic E-state index is 12.5. The molecule has 0 atom stereocenters. The van der Waals surface area contributed by atoms with Crippen LogP contribution in [0, 0.1) is 0 Å². The Morgan fingerprint density at radius 2 is 1.69 bits per heavy atom. The van der Waals surface area contributed by atoms with Crippen LogP contribution < -0.4 is 14.8 Å². The van der Waals surface area contributed by atoms with Crippen LogP contribution in [0.25, 0.3) is 10.8 Å². The van der Waals surface area contributed by atoms with Crippen molar-refractivity contribution < 1.29 is 32.2 Å². The molecule has 0 unspecified atom stereocenters. The van der Waals surface area contributed by atoms with Crippen molar-refractivity contribution in [3.63, 3.8) is 0 Å². The lowest BCUT2D eigenvalue weighted by Crippen LogP contribution is -2.29. The van der Waals surface area contributed by atoms with Gasteiger partial charge >= 0.3 is 6.36 Å². The molecule has 150 valence electrons. The number of halogens is 3. The Morgan fingerprint density at radius 3 is 2.45 bits per heavy atom. The van der Waals surface area contributed by atoms with Gasteiger partial charge in [0.25, 0.3) is 5.91 Å². The quantitative estimate of drug-likeness (QED) is 0.599. The van der Waals surface area contributed by atoms with Gasteiger partial charge in [0.05, 0.1) is 5.56 Å². The number of rotatable bonds is 7. The normalized spacial score (nSPS) is 11.1. The van der Waals surface area contributed by atoms with Gasteiger partial charge in [0.2, 0.25) is 0 Å². The summed E-state index contributed by atoms with van der Waals surface area (Å²) in [4.78, 5) is 23.5. The second kappa shape index (κ2) is 8.64. The number of fused-ring (bicyclic) bond motifs is 1. The number of para-hydroxylation sites is 1. The minimum absolute atomic E-state index is 0.164. The monoisotopic (exact) mass is 403 g/mol. The predicted octanol–water partition coefficient (Wildman–Crippen LogP) is 4.25. The molecule has 0 aliphatic rings. The first-order valence-corrected chi connectivity index (χ1v) is 8.57. The van der Waals surface area contributed by atoms with Crippen LogP contribution >= 0.6 is 0 Å². The number of carbonyl (C=O) groups is 2. The third-order valence-electron chi connectivity index (χ3n) is 4.08. The standard InChI is InChI=1S/C21H16F3NO4/c22-21(23,24)29-18-8-4-2-6-15(18)11-25-20(27)13-28-19-10-9-14-5-1-3-7-16(14)17(19)12-26/h1-10,12H,11,13H2,(H,25,27). The van der Waals surface area contributed by atoms with E-state index in [9.17, 15) is 22.8 Å². The van der Waals surface area contributed by atoms with Crippen molar-refractivity contribution in [3.05, 3.63) is 71.8 Å². The van der Waals surface area contributed by atoms with Crippen molar-refractivity contribution in [2.45, 2.75) is 12.9 Å². The molecule has 0 aliphatic heterocycles. The summed E-state index contributed by atoms with van der Waals surface area (Å²) in [6.07, 6.45) is -4.18. The molecule has 0 heterocycles. The zero-order chi connectivity index (χ0) is 20.9. The van der Waals surface area contributed by atoms with E-state index in [1.54, 1.807) is 24.3 Å². The van der Waals surface area contributed by atoms with E-state index in [-0.39, 0.29) is 23.6 Å². The summed E-state index contributed by atoms with van der Waals surface area (Å²) in [6.45, 7) is -0.575. The van der Waals surface area contributed by atoms with Crippen molar-refractivity contribution in [1.29, 1.82) is 0 Å². The molecule has 1 amide bonds. The number of benzene rings is 3. The van der Waals surface area contributed by atoms with Gasteiger partial charge in [-0.3, -0.25) is 9.59 Å². The number of nitrogens with one attached hydrogen (secondary N) is 1. The van der Waals surface area contributed by atoms with Crippen LogP contribution in [0.4, 0.5) is 13.2 Å². The maximum Gasteiger partial charge on any atom is 0.573 e. The second-order valence-corrected chi connectivity index (χ2v) is 6.04. The summed E-state index contributed by atoms with van der Waals surface area (Å²) in [5.41, 5.74) is 0.484. The van der Waals surface area contributed by atoms with E-state index in [2.05, 4.69) is 10.1 Å². The minimum atomic E-state index is -4.83. The summed E-state index contributed by atoms with van der Waals surface area (Å²) in [5, 5.41) is 4.02. The summed E-state index contributed by atoms with van der Waals surface area (Å²) in [6, 6.07) is 16.1. The van der Waals surface area contributed by atoms with Gasteiger partial charge in [0.15, 0.2) is 12.9 Å². The Labute approximate surface area is 164 Å². The Morgan fingerprint density at radius 1 is 0.966 bits per heavy atom. The maximum absolute atomic E-state index is 12.5. The van der Waals surface area contributed by atoms with E-state index in [4.69, 9.17) is 4.74 Å². The fourth-order valence-corrected chi connectivity index (χ4v) is 2.79. The van der Waals surface area contributed by atoms with Gasteiger partial charge in [-0.15, -0.1) is 13.2 Å². The van der Waals surface area contributed by atoms with Crippen molar-refractivity contribution in [1.82, 2.24) is 5.32 Å². The highest BCUT2D eigenvalue weighted by Gasteiger charge is 2.32. The topological polar surface area (TPSA) is 64.6 Å². The lowest BCUT2D eigenvalue weighted by atomic mass is 10.0. The molecule has 0 aromatic heterocycles. The number of carbonyl (C=O) groups excluding carboxylic acids is 2. The second-order valence-electron chi connectivity index (χ2n) is 6.04. The van der Waals surface area contributed by atoms with Gasteiger partial charge < -0.3 is 14.8 Å². The third-order valence-corrected chi connectivity index (χ3v) is 4.08. The fourth-order valence-electron chi connectivity index (χ4n) is 2.79. The summed E-state index contributed by atoms with van der Waals surface area (Å²) in [5.74, 6) is -0.703. The zero-order valence-corrected chi connectivity index (χ0v) is 15.0. The molecule has 0 fully saturated rings. The first kappa shape index (κ1) is 20.2. The first-order valence-electron chi connectivity index (χ1n) is 8.57. The van der Waals surface area contributed by atoms with Crippen LogP contribution in [0.15, 0.2) is 60.7 Å². The highest BCUT2D eigenvalue weighted by atomic mass is 19.4. The van der Waals surface area contributed by atoms with E-state index in [0.717, 1.165) is 11.5 Å². The van der Waals surface area contributed by atoms with Crippen molar-refractivity contribution in [2.75, 3.05) is 6.61 Å². The van der Waals surface area contributed by atoms with Crippen LogP contribution in [0.5, 0.6) is 11.5 Å². The molecule has 0 bridgehead atoms. The van der Waals surface area contributed by atoms with Crippen LogP contribution in [0.2, 0.25) is 0 Å². The molecule has 3 aromatic rings. The molecule has 1 N–H and O–H groups in total. The van der Waals surface area contributed by atoms with E-state index in [1.807, 2.05) is 12.1 Å². The van der Waals surface area contributed by atoms with E-state index < -0.39 is 18.9 Å². The Hall–Kier alpha value is -3.55. The highest BCUT2D eigenvalue weighted by Crippen LogP contribution is 2.27. The lowest BCUT2D eigenvalue weighted by molar-refractivity contribution is -0.274. The van der Waals surface area contributed by atoms with Gasteiger partial charge in [-0.1, -0.05) is 48.5 Å². The average Bonchev–Trinajstić information content (AvgIpc) is 2.70. The number of hydrogen-bond acceptors (Lipinski definition) is 4. The summed E-state index contributed by atoms with van der Waals surface area (Å²) in [7, 11) is 0. The molecule has 0 saturated heterocycles.